The molecule has 0 aliphatic carbocycles. The lowest BCUT2D eigenvalue weighted by atomic mass is 10.5. The highest BCUT2D eigenvalue weighted by molar-refractivity contribution is 6.46. The largest absolute Gasteiger partial charge is 0.360 e. The number of ether oxygens (including phenoxy) is 2. The SMILES string of the molecule is C=C(CC)[SiH2]C(OC)OC. The van der Waals surface area contributed by atoms with Gasteiger partial charge in [-0.3, -0.25) is 0 Å². The van der Waals surface area contributed by atoms with Crippen LogP contribution in [0.4, 0.5) is 0 Å². The minimum atomic E-state index is -0.389. The quantitative estimate of drug-likeness (QED) is 0.434. The van der Waals surface area contributed by atoms with Gasteiger partial charge in [-0.2, -0.15) is 0 Å². The zero-order valence-corrected chi connectivity index (χ0v) is 8.43. The molecule has 3 heteroatoms. The summed E-state index contributed by atoms with van der Waals surface area (Å²) in [7, 11) is 2.95. The maximum atomic E-state index is 5.05. The molecule has 0 saturated heterocycles. The van der Waals surface area contributed by atoms with Crippen molar-refractivity contribution in [3.8, 4) is 0 Å². The van der Waals surface area contributed by atoms with Gasteiger partial charge in [-0.15, -0.1) is 6.58 Å². The summed E-state index contributed by atoms with van der Waals surface area (Å²) in [6, 6.07) is 0. The van der Waals surface area contributed by atoms with E-state index in [1.54, 1.807) is 14.2 Å². The van der Waals surface area contributed by atoms with Gasteiger partial charge in [0, 0.05) is 14.2 Å². The lowest BCUT2D eigenvalue weighted by molar-refractivity contribution is -0.0433. The van der Waals surface area contributed by atoms with Crippen molar-refractivity contribution < 1.29 is 9.47 Å². The number of rotatable bonds is 5. The predicted octanol–water partition coefficient (Wildman–Crippen LogP) is 0.655. The molecule has 0 spiro atoms. The Morgan fingerprint density at radius 1 is 1.50 bits per heavy atom. The average Bonchev–Trinajstić information content (AvgIpc) is 1.99. The summed E-state index contributed by atoms with van der Waals surface area (Å²) in [5.41, 5.74) is 0. The molecule has 10 heavy (non-hydrogen) atoms. The zero-order valence-electron chi connectivity index (χ0n) is 7.02. The summed E-state index contributed by atoms with van der Waals surface area (Å²) in [4.78, 5) is 0. The maximum Gasteiger partial charge on any atom is 0.138 e. The molecule has 60 valence electrons. The lowest BCUT2D eigenvalue weighted by Crippen LogP contribution is -2.22. The fourth-order valence-corrected chi connectivity index (χ4v) is 1.74. The van der Waals surface area contributed by atoms with E-state index in [-0.39, 0.29) is 15.4 Å². The zero-order chi connectivity index (χ0) is 7.98. The van der Waals surface area contributed by atoms with Crippen LogP contribution in [0.15, 0.2) is 11.8 Å². The van der Waals surface area contributed by atoms with Gasteiger partial charge in [0.2, 0.25) is 0 Å². The molecule has 0 atom stereocenters. The molecule has 0 unspecified atom stereocenters. The van der Waals surface area contributed by atoms with E-state index in [1.165, 1.54) is 5.20 Å². The van der Waals surface area contributed by atoms with Crippen LogP contribution in [0, 0.1) is 0 Å². The molecule has 0 heterocycles. The van der Waals surface area contributed by atoms with Crippen molar-refractivity contribution in [3.63, 3.8) is 0 Å². The molecule has 0 bridgehead atoms. The Morgan fingerprint density at radius 3 is 2.30 bits per heavy atom. The Balaban J connectivity index is 3.52. The van der Waals surface area contributed by atoms with Crippen molar-refractivity contribution in [2.24, 2.45) is 0 Å². The Morgan fingerprint density at radius 2 is 2.00 bits per heavy atom. The summed E-state index contributed by atoms with van der Waals surface area (Å²) < 4.78 is 10.1. The van der Waals surface area contributed by atoms with Crippen LogP contribution in [0.1, 0.15) is 13.3 Å². The highest BCUT2D eigenvalue weighted by Crippen LogP contribution is 1.99. The van der Waals surface area contributed by atoms with Crippen LogP contribution in [-0.2, 0) is 9.47 Å². The van der Waals surface area contributed by atoms with Crippen LogP contribution in [0.5, 0.6) is 0 Å². The molecule has 0 amide bonds. The number of hydrogen-bond acceptors (Lipinski definition) is 2. The van der Waals surface area contributed by atoms with Crippen LogP contribution in [-0.4, -0.2) is 29.7 Å². The molecule has 0 aliphatic rings. The van der Waals surface area contributed by atoms with Crippen molar-refractivity contribution in [3.05, 3.63) is 11.8 Å². The van der Waals surface area contributed by atoms with Gasteiger partial charge in [0.05, 0.1) is 0 Å². The molecule has 0 aromatic carbocycles. The van der Waals surface area contributed by atoms with Crippen LogP contribution in [0.2, 0.25) is 0 Å². The predicted molar refractivity (Wildman–Crippen MR) is 45.8 cm³/mol. The standard InChI is InChI=1S/C7H16O2Si/c1-5-6(2)10-7(8-3)9-4/h7H,2,5,10H2,1,3-4H3. The van der Waals surface area contributed by atoms with Crippen LogP contribution in [0.25, 0.3) is 0 Å². The van der Waals surface area contributed by atoms with Gasteiger partial charge < -0.3 is 9.47 Å². The van der Waals surface area contributed by atoms with Crippen LogP contribution >= 0.6 is 0 Å². The molecule has 0 aromatic rings. The van der Waals surface area contributed by atoms with Crippen LogP contribution < -0.4 is 0 Å². The minimum absolute atomic E-state index is 0.0208. The highest BCUT2D eigenvalue weighted by Gasteiger charge is 2.05. The second-order valence-electron chi connectivity index (χ2n) is 2.21. The third kappa shape index (κ3) is 3.82. The van der Waals surface area contributed by atoms with E-state index in [2.05, 4.69) is 13.5 Å². The van der Waals surface area contributed by atoms with E-state index in [0.29, 0.717) is 0 Å². The Labute approximate surface area is 65.0 Å². The average molecular weight is 160 g/mol. The van der Waals surface area contributed by atoms with Gasteiger partial charge >= 0.3 is 0 Å². The third-order valence-corrected chi connectivity index (χ3v) is 3.56. The number of allylic oxidation sites excluding steroid dienone is 1. The summed E-state index contributed by atoms with van der Waals surface area (Å²) in [5.74, 6) is 0.0208. The third-order valence-electron chi connectivity index (χ3n) is 1.48. The summed E-state index contributed by atoms with van der Waals surface area (Å²) in [6.45, 7) is 6.02. The van der Waals surface area contributed by atoms with Crippen molar-refractivity contribution in [2.75, 3.05) is 14.2 Å². The Bertz CT molecular complexity index is 99.8. The van der Waals surface area contributed by atoms with Crippen molar-refractivity contribution in [1.82, 2.24) is 0 Å². The van der Waals surface area contributed by atoms with Gasteiger partial charge in [-0.25, -0.2) is 0 Å². The van der Waals surface area contributed by atoms with Crippen LogP contribution in [0.3, 0.4) is 0 Å². The Hall–Kier alpha value is -0.123. The summed E-state index contributed by atoms with van der Waals surface area (Å²) in [6.07, 6.45) is 1.05. The van der Waals surface area contributed by atoms with Gasteiger partial charge in [0.25, 0.3) is 0 Å². The van der Waals surface area contributed by atoms with E-state index < -0.39 is 0 Å². The van der Waals surface area contributed by atoms with E-state index in [1.807, 2.05) is 0 Å². The molecule has 0 rings (SSSR count). The van der Waals surface area contributed by atoms with E-state index in [9.17, 15) is 0 Å². The van der Waals surface area contributed by atoms with Crippen molar-refractivity contribution in [2.45, 2.75) is 19.3 Å². The highest BCUT2D eigenvalue weighted by atomic mass is 28.2. The lowest BCUT2D eigenvalue weighted by Gasteiger charge is -2.12. The van der Waals surface area contributed by atoms with Gasteiger partial charge in [0.1, 0.15) is 15.4 Å². The van der Waals surface area contributed by atoms with Crippen molar-refractivity contribution in [1.29, 1.82) is 0 Å². The van der Waals surface area contributed by atoms with E-state index in [4.69, 9.17) is 9.47 Å². The number of hydrogen-bond donors (Lipinski definition) is 0. The monoisotopic (exact) mass is 160 g/mol. The molecular weight excluding hydrogens is 144 g/mol. The first-order valence-corrected chi connectivity index (χ1v) is 4.99. The topological polar surface area (TPSA) is 18.5 Å². The van der Waals surface area contributed by atoms with E-state index in [0.717, 1.165) is 6.42 Å². The maximum absolute atomic E-state index is 5.05. The second kappa shape index (κ2) is 5.65. The molecule has 0 aliphatic heterocycles. The van der Waals surface area contributed by atoms with Gasteiger partial charge in [-0.1, -0.05) is 12.1 Å². The second-order valence-corrected chi connectivity index (χ2v) is 4.28. The fourth-order valence-electron chi connectivity index (χ4n) is 0.643. The molecule has 0 aromatic heterocycles. The molecule has 0 saturated carbocycles. The normalized spacial score (nSPS) is 11.6. The van der Waals surface area contributed by atoms with Crippen molar-refractivity contribution >= 4 is 9.52 Å². The number of methoxy groups -OCH3 is 2. The first-order valence-electron chi connectivity index (χ1n) is 3.46. The Kier molecular flexibility index (Phi) is 5.58. The fraction of sp³-hybridized carbons (Fsp3) is 0.714. The molecule has 2 nitrogen and oxygen atoms in total. The summed E-state index contributed by atoms with van der Waals surface area (Å²) >= 11 is 0. The molecule has 0 fully saturated rings. The smallest absolute Gasteiger partial charge is 0.138 e. The molecule has 0 radical (unpaired) electrons. The molecule has 0 N–H and O–H groups in total. The van der Waals surface area contributed by atoms with Gasteiger partial charge in [-0.05, 0) is 6.42 Å². The minimum Gasteiger partial charge on any atom is -0.360 e. The van der Waals surface area contributed by atoms with Gasteiger partial charge in [0.15, 0.2) is 0 Å². The summed E-state index contributed by atoms with van der Waals surface area (Å²) in [5, 5.41) is 1.30. The first kappa shape index (κ1) is 9.88. The van der Waals surface area contributed by atoms with E-state index >= 15 is 0 Å². The first-order chi connectivity index (χ1) is 4.74. The molecular formula is C7H16O2Si.